The topological polar surface area (TPSA) is 67.7 Å². The Balaban J connectivity index is 1.85. The van der Waals surface area contributed by atoms with Crippen molar-refractivity contribution in [2.75, 3.05) is 18.4 Å². The first-order valence-corrected chi connectivity index (χ1v) is 8.53. The number of fused-ring (bicyclic) bond motifs is 3. The third-order valence-electron chi connectivity index (χ3n) is 4.54. The molecule has 22 heavy (non-hydrogen) atoms. The van der Waals surface area contributed by atoms with Gasteiger partial charge in [0.2, 0.25) is 0 Å². The summed E-state index contributed by atoms with van der Waals surface area (Å²) in [5.41, 5.74) is 3.36. The molecule has 0 saturated carbocycles. The van der Waals surface area contributed by atoms with E-state index in [2.05, 4.69) is 27.8 Å². The maximum absolute atomic E-state index is 4.71. The minimum atomic E-state index is 0.499. The molecule has 0 spiro atoms. The van der Waals surface area contributed by atoms with Crippen molar-refractivity contribution in [2.45, 2.75) is 32.7 Å². The van der Waals surface area contributed by atoms with Crippen LogP contribution in [0.4, 0.5) is 5.82 Å². The largest absolute Gasteiger partial charge is 0.365 e. The summed E-state index contributed by atoms with van der Waals surface area (Å²) in [6.07, 6.45) is 2.28. The third-order valence-corrected chi connectivity index (χ3v) is 5.61. The van der Waals surface area contributed by atoms with E-state index in [9.17, 15) is 0 Å². The van der Waals surface area contributed by atoms with E-state index in [1.165, 1.54) is 21.2 Å². The van der Waals surface area contributed by atoms with Gasteiger partial charge in [0.05, 0.1) is 15.9 Å². The van der Waals surface area contributed by atoms with Gasteiger partial charge in [0.15, 0.2) is 5.82 Å². The summed E-state index contributed by atoms with van der Waals surface area (Å²) in [5.74, 6) is 0.990. The Morgan fingerprint density at radius 2 is 2.00 bits per heavy atom. The van der Waals surface area contributed by atoms with Gasteiger partial charge in [0.25, 0.3) is 0 Å². The van der Waals surface area contributed by atoms with Crippen LogP contribution in [-0.2, 0) is 7.05 Å². The Morgan fingerprint density at radius 1 is 1.23 bits per heavy atom. The van der Waals surface area contributed by atoms with E-state index >= 15 is 0 Å². The maximum atomic E-state index is 4.71. The lowest BCUT2D eigenvalue weighted by atomic mass is 10.1. The van der Waals surface area contributed by atoms with Gasteiger partial charge in [-0.3, -0.25) is 4.68 Å². The summed E-state index contributed by atoms with van der Waals surface area (Å²) < 4.78 is 3.17. The van der Waals surface area contributed by atoms with E-state index < -0.39 is 0 Å². The number of hydrogen-bond acceptors (Lipinski definition) is 6. The zero-order valence-corrected chi connectivity index (χ0v) is 13.9. The number of nitrogens with one attached hydrogen (secondary N) is 2. The SMILES string of the molecule is Cc1nnc2sc3c(NC4CCNCC4)nn(C)c3c2c1C. The van der Waals surface area contributed by atoms with Crippen LogP contribution < -0.4 is 10.6 Å². The zero-order valence-electron chi connectivity index (χ0n) is 13.1. The first-order chi connectivity index (χ1) is 10.6. The van der Waals surface area contributed by atoms with E-state index in [4.69, 9.17) is 5.10 Å². The van der Waals surface area contributed by atoms with E-state index in [1.54, 1.807) is 11.3 Å². The molecule has 0 amide bonds. The average Bonchev–Trinajstić information content (AvgIpc) is 3.04. The fraction of sp³-hybridized carbons (Fsp3) is 0.533. The minimum Gasteiger partial charge on any atom is -0.365 e. The van der Waals surface area contributed by atoms with Gasteiger partial charge in [0.1, 0.15) is 4.83 Å². The fourth-order valence-electron chi connectivity index (χ4n) is 3.16. The summed E-state index contributed by atoms with van der Waals surface area (Å²) in [6, 6.07) is 0.499. The molecule has 1 aliphatic heterocycles. The summed E-state index contributed by atoms with van der Waals surface area (Å²) in [5, 5.41) is 21.6. The van der Waals surface area contributed by atoms with Gasteiger partial charge in [-0.25, -0.2) is 0 Å². The smallest absolute Gasteiger partial charge is 0.166 e. The number of thiophene rings is 1. The maximum Gasteiger partial charge on any atom is 0.166 e. The van der Waals surface area contributed by atoms with Gasteiger partial charge in [-0.1, -0.05) is 0 Å². The molecule has 7 heteroatoms. The molecule has 0 aliphatic carbocycles. The predicted octanol–water partition coefficient (Wildman–Crippen LogP) is 2.36. The molecule has 3 aromatic heterocycles. The molecule has 3 aromatic rings. The standard InChI is InChI=1S/C15H20N6S/c1-8-9(2)18-19-15-11(8)12-13(22-15)14(20-21(12)3)17-10-4-6-16-7-5-10/h10,16H,4-7H2,1-3H3,(H,17,20). The van der Waals surface area contributed by atoms with Crippen molar-refractivity contribution in [3.05, 3.63) is 11.3 Å². The van der Waals surface area contributed by atoms with Crippen molar-refractivity contribution in [1.82, 2.24) is 25.3 Å². The van der Waals surface area contributed by atoms with Crippen LogP contribution in [0.1, 0.15) is 24.1 Å². The Hall–Kier alpha value is -1.73. The second kappa shape index (κ2) is 5.17. The zero-order chi connectivity index (χ0) is 15.3. The number of aryl methyl sites for hydroxylation is 3. The quantitative estimate of drug-likeness (QED) is 0.760. The number of aromatic nitrogens is 4. The number of hydrogen-bond donors (Lipinski definition) is 2. The molecule has 4 heterocycles. The van der Waals surface area contributed by atoms with Crippen molar-refractivity contribution < 1.29 is 0 Å². The molecule has 116 valence electrons. The molecule has 0 bridgehead atoms. The van der Waals surface area contributed by atoms with Crippen LogP contribution in [-0.4, -0.2) is 39.1 Å². The lowest BCUT2D eigenvalue weighted by Crippen LogP contribution is -2.35. The van der Waals surface area contributed by atoms with Crippen molar-refractivity contribution >= 4 is 37.6 Å². The van der Waals surface area contributed by atoms with Crippen molar-refractivity contribution in [2.24, 2.45) is 7.05 Å². The van der Waals surface area contributed by atoms with E-state index in [1.807, 2.05) is 18.7 Å². The van der Waals surface area contributed by atoms with Gasteiger partial charge in [-0.15, -0.1) is 16.4 Å². The number of rotatable bonds is 2. The Labute approximate surface area is 132 Å². The molecule has 0 radical (unpaired) electrons. The first kappa shape index (κ1) is 13.9. The highest BCUT2D eigenvalue weighted by Gasteiger charge is 2.21. The Bertz CT molecular complexity index is 843. The van der Waals surface area contributed by atoms with Crippen LogP contribution in [0, 0.1) is 13.8 Å². The van der Waals surface area contributed by atoms with E-state index in [0.717, 1.165) is 42.3 Å². The fourth-order valence-corrected chi connectivity index (χ4v) is 4.32. The normalized spacial score (nSPS) is 16.7. The molecule has 1 saturated heterocycles. The van der Waals surface area contributed by atoms with Crippen LogP contribution in [0.15, 0.2) is 0 Å². The molecule has 4 rings (SSSR count). The highest BCUT2D eigenvalue weighted by molar-refractivity contribution is 7.26. The van der Waals surface area contributed by atoms with Crippen LogP contribution >= 0.6 is 11.3 Å². The van der Waals surface area contributed by atoms with Gasteiger partial charge in [-0.05, 0) is 45.3 Å². The summed E-state index contributed by atoms with van der Waals surface area (Å²) >= 11 is 1.69. The second-order valence-corrected chi connectivity index (χ2v) is 7.01. The molecule has 2 N–H and O–H groups in total. The second-order valence-electron chi connectivity index (χ2n) is 6.01. The lowest BCUT2D eigenvalue weighted by Gasteiger charge is -2.23. The molecular formula is C15H20N6S. The highest BCUT2D eigenvalue weighted by Crippen LogP contribution is 2.38. The van der Waals surface area contributed by atoms with Crippen molar-refractivity contribution in [1.29, 1.82) is 0 Å². The number of nitrogens with zero attached hydrogens (tertiary/aromatic N) is 4. The van der Waals surface area contributed by atoms with Crippen molar-refractivity contribution in [3.8, 4) is 0 Å². The molecule has 0 atom stereocenters. The molecule has 0 aromatic carbocycles. The van der Waals surface area contributed by atoms with E-state index in [0.29, 0.717) is 6.04 Å². The molecule has 1 fully saturated rings. The summed E-state index contributed by atoms with van der Waals surface area (Å²) in [6.45, 7) is 6.27. The van der Waals surface area contributed by atoms with Gasteiger partial charge in [-0.2, -0.15) is 10.2 Å². The van der Waals surface area contributed by atoms with Crippen LogP contribution in [0.5, 0.6) is 0 Å². The van der Waals surface area contributed by atoms with Gasteiger partial charge < -0.3 is 10.6 Å². The lowest BCUT2D eigenvalue weighted by molar-refractivity contribution is 0.478. The van der Waals surface area contributed by atoms with Gasteiger partial charge >= 0.3 is 0 Å². The predicted molar refractivity (Wildman–Crippen MR) is 90.7 cm³/mol. The molecule has 1 aliphatic rings. The molecule has 0 unspecified atom stereocenters. The van der Waals surface area contributed by atoms with Crippen LogP contribution in [0.2, 0.25) is 0 Å². The third kappa shape index (κ3) is 2.07. The highest BCUT2D eigenvalue weighted by atomic mass is 32.1. The van der Waals surface area contributed by atoms with E-state index in [-0.39, 0.29) is 0 Å². The van der Waals surface area contributed by atoms with Crippen LogP contribution in [0.3, 0.4) is 0 Å². The number of anilines is 1. The number of piperidine rings is 1. The Morgan fingerprint density at radius 3 is 2.77 bits per heavy atom. The molecular weight excluding hydrogens is 296 g/mol. The average molecular weight is 316 g/mol. The van der Waals surface area contributed by atoms with Crippen LogP contribution in [0.25, 0.3) is 20.4 Å². The van der Waals surface area contributed by atoms with Gasteiger partial charge in [0, 0.05) is 18.5 Å². The molecule has 6 nitrogen and oxygen atoms in total. The Kier molecular flexibility index (Phi) is 3.27. The monoisotopic (exact) mass is 316 g/mol. The summed E-state index contributed by atoms with van der Waals surface area (Å²) in [7, 11) is 2.01. The summed E-state index contributed by atoms with van der Waals surface area (Å²) in [4.78, 5) is 1.000. The minimum absolute atomic E-state index is 0.499. The first-order valence-electron chi connectivity index (χ1n) is 7.71. The van der Waals surface area contributed by atoms with Crippen molar-refractivity contribution in [3.63, 3.8) is 0 Å².